The Kier molecular flexibility index (Phi) is 5.69. The van der Waals surface area contributed by atoms with Crippen molar-refractivity contribution < 1.29 is 14.3 Å². The highest BCUT2D eigenvalue weighted by Gasteiger charge is 2.38. The highest BCUT2D eigenvalue weighted by atomic mass is 16.6. The molecule has 2 rings (SSSR count). The molecule has 0 aromatic carbocycles. The number of likely N-dealkylation sites (tertiary alicyclic amines) is 2. The molecule has 1 N–H and O–H groups in total. The summed E-state index contributed by atoms with van der Waals surface area (Å²) >= 11 is 0. The third-order valence-electron chi connectivity index (χ3n) is 4.29. The summed E-state index contributed by atoms with van der Waals surface area (Å²) in [5.74, 6) is 0. The van der Waals surface area contributed by atoms with Gasteiger partial charge in [-0.25, -0.2) is 4.79 Å². The van der Waals surface area contributed by atoms with Gasteiger partial charge in [0.2, 0.25) is 0 Å². The van der Waals surface area contributed by atoms with Crippen molar-refractivity contribution in [3.8, 4) is 0 Å². The number of amides is 1. The molecule has 0 aromatic rings. The lowest BCUT2D eigenvalue weighted by molar-refractivity contribution is 0.0252. The van der Waals surface area contributed by atoms with E-state index < -0.39 is 5.60 Å². The number of nitrogens with zero attached hydrogens (tertiary/aromatic N) is 2. The van der Waals surface area contributed by atoms with Crippen molar-refractivity contribution in [2.24, 2.45) is 0 Å². The summed E-state index contributed by atoms with van der Waals surface area (Å²) in [5, 5.41) is 3.68. The largest absolute Gasteiger partial charge is 0.444 e. The molecule has 22 heavy (non-hydrogen) atoms. The van der Waals surface area contributed by atoms with Crippen LogP contribution in [-0.2, 0) is 9.47 Å². The molecule has 2 aliphatic rings. The van der Waals surface area contributed by atoms with E-state index in [4.69, 9.17) is 9.47 Å². The van der Waals surface area contributed by atoms with Crippen LogP contribution >= 0.6 is 0 Å². The number of carbonyl (C=O) groups is 1. The van der Waals surface area contributed by atoms with Gasteiger partial charge in [0.05, 0.1) is 18.7 Å². The minimum absolute atomic E-state index is 0.0275. The normalized spacial score (nSPS) is 30.6. The Bertz CT molecular complexity index is 383. The molecule has 0 saturated carbocycles. The van der Waals surface area contributed by atoms with Gasteiger partial charge < -0.3 is 24.6 Å². The molecule has 128 valence electrons. The third-order valence-corrected chi connectivity index (χ3v) is 4.29. The van der Waals surface area contributed by atoms with Gasteiger partial charge in [0.1, 0.15) is 5.60 Å². The van der Waals surface area contributed by atoms with Crippen molar-refractivity contribution in [2.45, 2.75) is 57.4 Å². The summed E-state index contributed by atoms with van der Waals surface area (Å²) in [5.41, 5.74) is -0.461. The van der Waals surface area contributed by atoms with Gasteiger partial charge in [0, 0.05) is 26.2 Å². The minimum atomic E-state index is -0.461. The first-order valence-electron chi connectivity index (χ1n) is 8.24. The van der Waals surface area contributed by atoms with Crippen molar-refractivity contribution in [1.29, 1.82) is 0 Å². The molecule has 0 radical (unpaired) electrons. The van der Waals surface area contributed by atoms with Crippen molar-refractivity contribution >= 4 is 6.09 Å². The molecule has 1 amide bonds. The van der Waals surface area contributed by atoms with E-state index in [9.17, 15) is 4.79 Å². The average Bonchev–Trinajstić information content (AvgIpc) is 2.80. The van der Waals surface area contributed by atoms with Gasteiger partial charge in [-0.1, -0.05) is 0 Å². The van der Waals surface area contributed by atoms with Crippen molar-refractivity contribution in [3.63, 3.8) is 0 Å². The fourth-order valence-electron chi connectivity index (χ4n) is 3.25. The molecule has 6 nitrogen and oxygen atoms in total. The van der Waals surface area contributed by atoms with Crippen LogP contribution in [0.15, 0.2) is 0 Å². The second-order valence-electron chi connectivity index (χ2n) is 7.53. The van der Waals surface area contributed by atoms with Crippen LogP contribution < -0.4 is 5.32 Å². The van der Waals surface area contributed by atoms with E-state index in [1.807, 2.05) is 20.8 Å². The van der Waals surface area contributed by atoms with Gasteiger partial charge in [0.25, 0.3) is 0 Å². The van der Waals surface area contributed by atoms with E-state index >= 15 is 0 Å². The predicted octanol–water partition coefficient (Wildman–Crippen LogP) is 1.30. The molecule has 0 spiro atoms. The van der Waals surface area contributed by atoms with Crippen LogP contribution in [0.3, 0.4) is 0 Å². The van der Waals surface area contributed by atoms with E-state index in [1.165, 1.54) is 19.4 Å². The summed E-state index contributed by atoms with van der Waals surface area (Å²) in [7, 11) is 3.87. The molecule has 3 atom stereocenters. The number of nitrogens with one attached hydrogen (secondary N) is 1. The van der Waals surface area contributed by atoms with E-state index in [1.54, 1.807) is 12.0 Å². The van der Waals surface area contributed by atoms with Crippen LogP contribution in [0.1, 0.15) is 33.6 Å². The number of likely N-dealkylation sites (N-methyl/N-ethyl adjacent to an activating group) is 1. The molecule has 0 bridgehead atoms. The average molecular weight is 313 g/mol. The molecule has 2 heterocycles. The van der Waals surface area contributed by atoms with Crippen LogP contribution in [0.25, 0.3) is 0 Å². The monoisotopic (exact) mass is 313 g/mol. The first kappa shape index (κ1) is 17.5. The maximum Gasteiger partial charge on any atom is 0.410 e. The number of ether oxygens (including phenoxy) is 2. The molecular weight excluding hydrogens is 282 g/mol. The number of rotatable bonds is 3. The second-order valence-corrected chi connectivity index (χ2v) is 7.53. The maximum atomic E-state index is 12.2. The van der Waals surface area contributed by atoms with Crippen LogP contribution in [0.5, 0.6) is 0 Å². The molecule has 2 saturated heterocycles. The van der Waals surface area contributed by atoms with Gasteiger partial charge in [-0.2, -0.15) is 0 Å². The quantitative estimate of drug-likeness (QED) is 0.851. The molecular formula is C16H31N3O3. The summed E-state index contributed by atoms with van der Waals surface area (Å²) < 4.78 is 11.0. The molecule has 0 aromatic heterocycles. The maximum absolute atomic E-state index is 12.2. The number of carbonyl (C=O) groups excluding carboxylic acids is 1. The van der Waals surface area contributed by atoms with Crippen LogP contribution in [0, 0.1) is 0 Å². The van der Waals surface area contributed by atoms with Gasteiger partial charge in [-0.3, -0.25) is 0 Å². The number of hydrogen-bond acceptors (Lipinski definition) is 5. The van der Waals surface area contributed by atoms with Gasteiger partial charge in [-0.05, 0) is 47.2 Å². The molecule has 6 heteroatoms. The van der Waals surface area contributed by atoms with Crippen molar-refractivity contribution in [1.82, 2.24) is 15.1 Å². The SMILES string of the molecule is CO[C@H]1CN(C(=O)OC(C)(C)C)CC1NC1CCCN(C)C1. The number of hydrogen-bond donors (Lipinski definition) is 1. The Morgan fingerprint density at radius 2 is 1.95 bits per heavy atom. The minimum Gasteiger partial charge on any atom is -0.444 e. The molecule has 0 aliphatic carbocycles. The summed E-state index contributed by atoms with van der Waals surface area (Å²) in [6.07, 6.45) is 2.18. The lowest BCUT2D eigenvalue weighted by Gasteiger charge is -2.33. The number of methoxy groups -OCH3 is 1. The Morgan fingerprint density at radius 3 is 2.55 bits per heavy atom. The van der Waals surface area contributed by atoms with Gasteiger partial charge in [-0.15, -0.1) is 0 Å². The predicted molar refractivity (Wildman–Crippen MR) is 86.0 cm³/mol. The van der Waals surface area contributed by atoms with Crippen LogP contribution in [0.4, 0.5) is 4.79 Å². The first-order valence-corrected chi connectivity index (χ1v) is 8.24. The summed E-state index contributed by atoms with van der Waals surface area (Å²) in [6.45, 7) is 9.13. The Morgan fingerprint density at radius 1 is 1.23 bits per heavy atom. The lowest BCUT2D eigenvalue weighted by atomic mass is 10.0. The Hall–Kier alpha value is -0.850. The van der Waals surface area contributed by atoms with E-state index in [-0.39, 0.29) is 18.2 Å². The topological polar surface area (TPSA) is 54.0 Å². The van der Waals surface area contributed by atoms with Gasteiger partial charge in [0.15, 0.2) is 0 Å². The Balaban J connectivity index is 1.90. The van der Waals surface area contributed by atoms with E-state index in [0.29, 0.717) is 19.1 Å². The van der Waals surface area contributed by atoms with Crippen molar-refractivity contribution in [3.05, 3.63) is 0 Å². The third kappa shape index (κ3) is 4.83. The standard InChI is InChI=1S/C16H31N3O3/c1-16(2,3)22-15(20)19-10-13(14(11-19)21-5)17-12-7-6-8-18(4)9-12/h12-14,17H,6-11H2,1-5H3/t12?,13?,14-/m0/s1. The van der Waals surface area contributed by atoms with Crippen molar-refractivity contribution in [2.75, 3.05) is 40.3 Å². The highest BCUT2D eigenvalue weighted by molar-refractivity contribution is 5.68. The highest BCUT2D eigenvalue weighted by Crippen LogP contribution is 2.19. The smallest absolute Gasteiger partial charge is 0.410 e. The fraction of sp³-hybridized carbons (Fsp3) is 0.938. The second kappa shape index (κ2) is 7.15. The zero-order chi connectivity index (χ0) is 16.3. The zero-order valence-electron chi connectivity index (χ0n) is 14.6. The van der Waals surface area contributed by atoms with Crippen LogP contribution in [-0.4, -0.2) is 80.0 Å². The first-order chi connectivity index (χ1) is 10.3. The zero-order valence-corrected chi connectivity index (χ0v) is 14.6. The van der Waals surface area contributed by atoms with E-state index in [2.05, 4.69) is 17.3 Å². The number of piperidine rings is 1. The molecule has 2 fully saturated rings. The van der Waals surface area contributed by atoms with E-state index in [0.717, 1.165) is 6.54 Å². The summed E-state index contributed by atoms with van der Waals surface area (Å²) in [6, 6.07) is 0.647. The summed E-state index contributed by atoms with van der Waals surface area (Å²) in [4.78, 5) is 16.3. The van der Waals surface area contributed by atoms with Gasteiger partial charge >= 0.3 is 6.09 Å². The molecule has 2 aliphatic heterocycles. The Labute approximate surface area is 134 Å². The van der Waals surface area contributed by atoms with Crippen LogP contribution in [0.2, 0.25) is 0 Å². The molecule has 2 unspecified atom stereocenters. The fourth-order valence-corrected chi connectivity index (χ4v) is 3.25. The lowest BCUT2D eigenvalue weighted by Crippen LogP contribution is -2.51.